The Labute approximate surface area is 664 Å². The number of hydrogen-bond acceptors (Lipinski definition) is 15. The molecule has 3 N–H and O–H groups in total. The van der Waals surface area contributed by atoms with E-state index in [1.54, 1.807) is 0 Å². The summed E-state index contributed by atoms with van der Waals surface area (Å²) in [5, 5.41) is 10.7. The molecule has 0 saturated heterocycles. The van der Waals surface area contributed by atoms with Gasteiger partial charge in [0.05, 0.1) is 26.4 Å². The van der Waals surface area contributed by atoms with Crippen molar-refractivity contribution in [2.75, 3.05) is 39.6 Å². The Morgan fingerprint density at radius 1 is 0.222 bits per heavy atom. The number of rotatable bonds is 90. The van der Waals surface area contributed by atoms with Crippen molar-refractivity contribution in [1.82, 2.24) is 0 Å². The summed E-state index contributed by atoms with van der Waals surface area (Å²) in [5.74, 6) is -2.09. The van der Waals surface area contributed by atoms with Gasteiger partial charge >= 0.3 is 39.5 Å². The first kappa shape index (κ1) is 106. The fraction of sp³-hybridized carbons (Fsp3) is 0.955. The van der Waals surface area contributed by atoms with Crippen molar-refractivity contribution in [2.45, 2.75) is 508 Å². The van der Waals surface area contributed by atoms with Gasteiger partial charge in [-0.15, -0.1) is 0 Å². The number of phosphoric ester groups is 2. The summed E-state index contributed by atoms with van der Waals surface area (Å²) in [7, 11) is -9.93. The van der Waals surface area contributed by atoms with Crippen LogP contribution >= 0.6 is 15.6 Å². The molecule has 0 aromatic carbocycles. The normalized spacial score (nSPS) is 13.7. The smallest absolute Gasteiger partial charge is 0.462 e. The molecule has 0 rings (SSSR count). The van der Waals surface area contributed by atoms with Crippen LogP contribution in [-0.2, 0) is 65.4 Å². The van der Waals surface area contributed by atoms with Gasteiger partial charge in [0.1, 0.15) is 19.3 Å². The van der Waals surface area contributed by atoms with E-state index in [0.717, 1.165) is 89.9 Å². The Balaban J connectivity index is 5.23. The SMILES string of the molecule is CCCCCCCCCCCCCCCCCCCCCCCC(=O)O[C@H](COC(=O)CCCCCCCCCCCCCCCCCCCCC)COP(=O)(O)OC[C@@H](O)COP(=O)(O)OC[C@@H](COC(=O)CCCCCCCCCCCCC)OC(=O)CCCCCCCCCCCCCCCCCCC. The zero-order valence-electron chi connectivity index (χ0n) is 70.8. The molecule has 0 heterocycles. The third kappa shape index (κ3) is 82.1. The summed E-state index contributed by atoms with van der Waals surface area (Å²) in [6.07, 6.45) is 79.2. The predicted molar refractivity (Wildman–Crippen MR) is 446 cm³/mol. The molecule has 0 amide bonds. The number of phosphoric acid groups is 2. The molecule has 0 bridgehead atoms. The monoisotopic (exact) mass is 1580 g/mol. The van der Waals surface area contributed by atoms with Crippen LogP contribution in [0.2, 0.25) is 0 Å². The molecular weight excluding hydrogens is 1400 g/mol. The van der Waals surface area contributed by atoms with Gasteiger partial charge in [-0.2, -0.15) is 0 Å². The molecule has 0 saturated carbocycles. The molecule has 19 heteroatoms. The lowest BCUT2D eigenvalue weighted by molar-refractivity contribution is -0.161. The van der Waals surface area contributed by atoms with Crippen molar-refractivity contribution in [3.63, 3.8) is 0 Å². The lowest BCUT2D eigenvalue weighted by Gasteiger charge is -2.21. The summed E-state index contributed by atoms with van der Waals surface area (Å²) < 4.78 is 69.0. The highest BCUT2D eigenvalue weighted by molar-refractivity contribution is 7.47. The lowest BCUT2D eigenvalue weighted by Crippen LogP contribution is -2.30. The van der Waals surface area contributed by atoms with E-state index < -0.39 is 97.5 Å². The fourth-order valence-electron chi connectivity index (χ4n) is 14.1. The van der Waals surface area contributed by atoms with Crippen molar-refractivity contribution in [2.24, 2.45) is 0 Å². The lowest BCUT2D eigenvalue weighted by atomic mass is 10.0. The van der Waals surface area contributed by atoms with E-state index in [2.05, 4.69) is 27.7 Å². The van der Waals surface area contributed by atoms with E-state index in [-0.39, 0.29) is 25.7 Å². The summed E-state index contributed by atoms with van der Waals surface area (Å²) in [6, 6.07) is 0. The Hall–Kier alpha value is -1.94. The number of aliphatic hydroxyl groups is 1. The summed E-state index contributed by atoms with van der Waals surface area (Å²) in [5.41, 5.74) is 0. The molecule has 642 valence electrons. The number of carbonyl (C=O) groups is 4. The number of unbranched alkanes of at least 4 members (excludes halogenated alkanes) is 64. The van der Waals surface area contributed by atoms with Crippen molar-refractivity contribution in [3.05, 3.63) is 0 Å². The van der Waals surface area contributed by atoms with Crippen LogP contribution < -0.4 is 0 Å². The maximum atomic E-state index is 13.2. The van der Waals surface area contributed by atoms with Gasteiger partial charge in [0, 0.05) is 25.7 Å². The number of hydrogen-bond donors (Lipinski definition) is 3. The molecule has 0 fully saturated rings. The van der Waals surface area contributed by atoms with Crippen LogP contribution in [0.5, 0.6) is 0 Å². The molecule has 2 unspecified atom stereocenters. The zero-order valence-corrected chi connectivity index (χ0v) is 72.6. The second-order valence-corrected chi connectivity index (χ2v) is 34.9. The van der Waals surface area contributed by atoms with Crippen LogP contribution in [0, 0.1) is 0 Å². The minimum atomic E-state index is -4.97. The standard InChI is InChI=1S/C89H174O17P2/c1-5-9-13-17-21-25-29-32-35-38-40-41-43-46-49-52-56-60-64-68-72-76-89(94)106-85(80-100-87(92)74-70-66-62-58-54-50-47-45-42-39-36-33-30-26-22-18-14-10-6-2)82-104-108(97,98)102-78-83(90)77-101-107(95,96)103-81-84(79-99-86(91)73-69-65-61-57-53-28-24-20-16-12-8-4)105-88(93)75-71-67-63-59-55-51-48-44-37-34-31-27-23-19-15-11-7-3/h83-85,90H,5-82H2,1-4H3,(H,95,96)(H,97,98)/t83-,84+,85+/m0/s1. The molecule has 0 aromatic rings. The highest BCUT2D eigenvalue weighted by Gasteiger charge is 2.30. The summed E-state index contributed by atoms with van der Waals surface area (Å²) in [6.45, 7) is 5.08. The van der Waals surface area contributed by atoms with Gasteiger partial charge in [0.2, 0.25) is 0 Å². The number of aliphatic hydroxyl groups excluding tert-OH is 1. The third-order valence-corrected chi connectivity index (χ3v) is 23.0. The van der Waals surface area contributed by atoms with Crippen molar-refractivity contribution >= 4 is 39.5 Å². The topological polar surface area (TPSA) is 237 Å². The summed E-state index contributed by atoms with van der Waals surface area (Å²) in [4.78, 5) is 73.3. The highest BCUT2D eigenvalue weighted by atomic mass is 31.2. The molecule has 0 radical (unpaired) electrons. The molecule has 0 aliphatic rings. The van der Waals surface area contributed by atoms with E-state index in [0.29, 0.717) is 25.7 Å². The first-order chi connectivity index (χ1) is 52.7. The van der Waals surface area contributed by atoms with Crippen LogP contribution in [0.3, 0.4) is 0 Å². The van der Waals surface area contributed by atoms with Gasteiger partial charge in [-0.3, -0.25) is 37.3 Å². The van der Waals surface area contributed by atoms with E-state index in [1.165, 1.54) is 321 Å². The van der Waals surface area contributed by atoms with E-state index in [4.69, 9.17) is 37.0 Å². The van der Waals surface area contributed by atoms with Crippen molar-refractivity contribution < 1.29 is 80.2 Å². The van der Waals surface area contributed by atoms with Gasteiger partial charge in [-0.25, -0.2) is 9.13 Å². The maximum Gasteiger partial charge on any atom is 0.472 e. The highest BCUT2D eigenvalue weighted by Crippen LogP contribution is 2.45. The van der Waals surface area contributed by atoms with Gasteiger partial charge in [-0.05, 0) is 25.7 Å². The first-order valence-corrected chi connectivity index (χ1v) is 49.3. The molecular formula is C89H174O17P2. The van der Waals surface area contributed by atoms with Crippen LogP contribution in [-0.4, -0.2) is 96.7 Å². The predicted octanol–water partition coefficient (Wildman–Crippen LogP) is 27.7. The molecule has 108 heavy (non-hydrogen) atoms. The number of carbonyl (C=O) groups excluding carboxylic acids is 4. The van der Waals surface area contributed by atoms with Crippen molar-refractivity contribution in [3.8, 4) is 0 Å². The second kappa shape index (κ2) is 83.0. The van der Waals surface area contributed by atoms with Gasteiger partial charge in [0.25, 0.3) is 0 Å². The van der Waals surface area contributed by atoms with Crippen LogP contribution in [0.25, 0.3) is 0 Å². The third-order valence-electron chi connectivity index (χ3n) is 21.1. The average Bonchev–Trinajstić information content (AvgIpc) is 0.900. The molecule has 0 aliphatic heterocycles. The Morgan fingerprint density at radius 2 is 0.370 bits per heavy atom. The maximum absolute atomic E-state index is 13.2. The van der Waals surface area contributed by atoms with Crippen LogP contribution in [0.1, 0.15) is 490 Å². The van der Waals surface area contributed by atoms with Gasteiger partial charge in [0.15, 0.2) is 12.2 Å². The van der Waals surface area contributed by atoms with E-state index >= 15 is 0 Å². The van der Waals surface area contributed by atoms with Crippen molar-refractivity contribution in [1.29, 1.82) is 0 Å². The number of esters is 4. The summed E-state index contributed by atoms with van der Waals surface area (Å²) >= 11 is 0. The first-order valence-electron chi connectivity index (χ1n) is 46.3. The largest absolute Gasteiger partial charge is 0.472 e. The molecule has 17 nitrogen and oxygen atoms in total. The Bertz CT molecular complexity index is 2030. The zero-order chi connectivity index (χ0) is 78.9. The fourth-order valence-corrected chi connectivity index (χ4v) is 15.6. The van der Waals surface area contributed by atoms with Crippen LogP contribution in [0.4, 0.5) is 0 Å². The number of ether oxygens (including phenoxy) is 4. The van der Waals surface area contributed by atoms with E-state index in [1.807, 2.05) is 0 Å². The molecule has 0 aromatic heterocycles. The average molecular weight is 1580 g/mol. The second-order valence-electron chi connectivity index (χ2n) is 32.0. The van der Waals surface area contributed by atoms with E-state index in [9.17, 15) is 43.2 Å². The Morgan fingerprint density at radius 3 is 0.546 bits per heavy atom. The minimum absolute atomic E-state index is 0.109. The van der Waals surface area contributed by atoms with Gasteiger partial charge < -0.3 is 33.8 Å². The molecule has 0 aliphatic carbocycles. The Kier molecular flexibility index (Phi) is 81.5. The molecule has 0 spiro atoms. The quantitative estimate of drug-likeness (QED) is 0.0222. The van der Waals surface area contributed by atoms with Crippen LogP contribution in [0.15, 0.2) is 0 Å². The van der Waals surface area contributed by atoms with Gasteiger partial charge in [-0.1, -0.05) is 439 Å². The molecule has 5 atom stereocenters. The minimum Gasteiger partial charge on any atom is -0.462 e.